The quantitative estimate of drug-likeness (QED) is 0.556. The van der Waals surface area contributed by atoms with Crippen molar-refractivity contribution in [3.05, 3.63) is 63.7 Å². The van der Waals surface area contributed by atoms with Crippen LogP contribution in [0.15, 0.2) is 41.8 Å². The summed E-state index contributed by atoms with van der Waals surface area (Å²) in [5.41, 5.74) is 5.08. The number of anilines is 1. The third-order valence-electron chi connectivity index (χ3n) is 4.46. The van der Waals surface area contributed by atoms with Crippen molar-refractivity contribution in [3.63, 3.8) is 0 Å². The van der Waals surface area contributed by atoms with Crippen molar-refractivity contribution < 1.29 is 0 Å². The Hall–Kier alpha value is -2.73. The molecule has 132 valence electrons. The number of pyridine rings is 1. The molecule has 4 aromatic rings. The van der Waals surface area contributed by atoms with E-state index in [2.05, 4.69) is 35.6 Å². The van der Waals surface area contributed by atoms with Crippen LogP contribution in [0.4, 0.5) is 5.82 Å². The first-order chi connectivity index (χ1) is 12.5. The Balaban J connectivity index is 1.77. The minimum absolute atomic E-state index is 0.0958. The van der Waals surface area contributed by atoms with Gasteiger partial charge >= 0.3 is 0 Å². The highest BCUT2D eigenvalue weighted by molar-refractivity contribution is 7.09. The number of benzene rings is 1. The van der Waals surface area contributed by atoms with E-state index in [1.165, 1.54) is 5.56 Å². The summed E-state index contributed by atoms with van der Waals surface area (Å²) in [6.07, 6.45) is 0. The zero-order valence-electron chi connectivity index (χ0n) is 15.3. The molecule has 6 heteroatoms. The Morgan fingerprint density at radius 1 is 1.08 bits per heavy atom. The van der Waals surface area contributed by atoms with Crippen LogP contribution in [-0.4, -0.2) is 19.7 Å². The molecule has 0 bridgehead atoms. The number of aryl methyl sites for hydroxylation is 3. The van der Waals surface area contributed by atoms with Gasteiger partial charge in [0.25, 0.3) is 0 Å². The predicted octanol–water partition coefficient (Wildman–Crippen LogP) is 4.98. The van der Waals surface area contributed by atoms with Gasteiger partial charge in [-0.15, -0.1) is 11.3 Å². The number of para-hydroxylation sites is 1. The minimum atomic E-state index is 0.0958. The number of hydrogen-bond donors (Lipinski definition) is 1. The van der Waals surface area contributed by atoms with E-state index in [1.807, 2.05) is 48.9 Å². The average Bonchev–Trinajstić information content (AvgIpc) is 3.20. The molecule has 1 atom stereocenters. The first-order valence-corrected chi connectivity index (χ1v) is 9.52. The molecule has 0 spiro atoms. The SMILES string of the molecule is Cc1nc(C(C)Nc2cc(C)c3c(C)nn(-c4ccccc4)c3n2)cs1. The molecular formula is C20H21N5S. The van der Waals surface area contributed by atoms with E-state index in [4.69, 9.17) is 10.1 Å². The van der Waals surface area contributed by atoms with Gasteiger partial charge in [-0.3, -0.25) is 0 Å². The first kappa shape index (κ1) is 16.7. The van der Waals surface area contributed by atoms with Crippen molar-refractivity contribution in [1.29, 1.82) is 0 Å². The van der Waals surface area contributed by atoms with Crippen LogP contribution in [0.1, 0.15) is 34.9 Å². The van der Waals surface area contributed by atoms with E-state index < -0.39 is 0 Å². The molecule has 0 saturated heterocycles. The molecule has 0 saturated carbocycles. The molecule has 1 unspecified atom stereocenters. The zero-order chi connectivity index (χ0) is 18.3. The van der Waals surface area contributed by atoms with Gasteiger partial charge in [-0.25, -0.2) is 14.6 Å². The lowest BCUT2D eigenvalue weighted by Crippen LogP contribution is -2.09. The Kier molecular flexibility index (Phi) is 4.20. The lowest BCUT2D eigenvalue weighted by atomic mass is 10.1. The van der Waals surface area contributed by atoms with Crippen molar-refractivity contribution in [1.82, 2.24) is 19.7 Å². The molecule has 1 aromatic carbocycles. The highest BCUT2D eigenvalue weighted by Gasteiger charge is 2.16. The molecule has 5 nitrogen and oxygen atoms in total. The molecule has 3 aromatic heterocycles. The minimum Gasteiger partial charge on any atom is -0.362 e. The average molecular weight is 363 g/mol. The third-order valence-corrected chi connectivity index (χ3v) is 5.25. The second-order valence-corrected chi connectivity index (χ2v) is 7.58. The molecule has 0 amide bonds. The molecule has 0 fully saturated rings. The van der Waals surface area contributed by atoms with Gasteiger partial charge < -0.3 is 5.32 Å². The van der Waals surface area contributed by atoms with Gasteiger partial charge in [-0.05, 0) is 51.5 Å². The van der Waals surface area contributed by atoms with Gasteiger partial charge in [0.15, 0.2) is 5.65 Å². The molecule has 0 aliphatic heterocycles. The predicted molar refractivity (Wildman–Crippen MR) is 107 cm³/mol. The number of nitrogens with one attached hydrogen (secondary N) is 1. The van der Waals surface area contributed by atoms with Crippen LogP contribution in [-0.2, 0) is 0 Å². The molecule has 0 radical (unpaired) electrons. The van der Waals surface area contributed by atoms with Crippen LogP contribution in [0, 0.1) is 20.8 Å². The highest BCUT2D eigenvalue weighted by atomic mass is 32.1. The maximum absolute atomic E-state index is 4.87. The summed E-state index contributed by atoms with van der Waals surface area (Å²) in [5, 5.41) is 12.5. The smallest absolute Gasteiger partial charge is 0.165 e. The third kappa shape index (κ3) is 2.97. The largest absolute Gasteiger partial charge is 0.362 e. The summed E-state index contributed by atoms with van der Waals surface area (Å²) >= 11 is 1.67. The summed E-state index contributed by atoms with van der Waals surface area (Å²) in [4.78, 5) is 9.44. The number of thiazole rings is 1. The van der Waals surface area contributed by atoms with Gasteiger partial charge in [0, 0.05) is 10.8 Å². The Morgan fingerprint density at radius 3 is 2.54 bits per heavy atom. The van der Waals surface area contributed by atoms with Crippen molar-refractivity contribution in [2.24, 2.45) is 0 Å². The fourth-order valence-corrected chi connectivity index (χ4v) is 3.91. The van der Waals surface area contributed by atoms with E-state index in [-0.39, 0.29) is 6.04 Å². The van der Waals surface area contributed by atoms with Crippen LogP contribution in [0.5, 0.6) is 0 Å². The van der Waals surface area contributed by atoms with Gasteiger partial charge in [-0.2, -0.15) is 5.10 Å². The highest BCUT2D eigenvalue weighted by Crippen LogP contribution is 2.27. The van der Waals surface area contributed by atoms with Crippen LogP contribution in [0.2, 0.25) is 0 Å². The van der Waals surface area contributed by atoms with Crippen molar-refractivity contribution in [2.75, 3.05) is 5.32 Å². The lowest BCUT2D eigenvalue weighted by Gasteiger charge is -2.13. The van der Waals surface area contributed by atoms with Crippen molar-refractivity contribution in [3.8, 4) is 5.69 Å². The standard InChI is InChI=1S/C20H21N5S/c1-12-10-18(21-13(2)17-11-26-15(4)22-17)23-20-19(12)14(3)24-25(20)16-8-6-5-7-9-16/h5-11,13H,1-4H3,(H,21,23). The van der Waals surface area contributed by atoms with E-state index >= 15 is 0 Å². The van der Waals surface area contributed by atoms with Crippen LogP contribution in [0.25, 0.3) is 16.7 Å². The number of hydrogen-bond acceptors (Lipinski definition) is 5. The normalized spacial score (nSPS) is 12.5. The maximum atomic E-state index is 4.87. The summed E-state index contributed by atoms with van der Waals surface area (Å²) in [6, 6.07) is 12.3. The molecule has 0 aliphatic carbocycles. The number of fused-ring (bicyclic) bond motifs is 1. The van der Waals surface area contributed by atoms with Gasteiger partial charge in [0.05, 0.1) is 28.1 Å². The van der Waals surface area contributed by atoms with Crippen molar-refractivity contribution in [2.45, 2.75) is 33.7 Å². The summed E-state index contributed by atoms with van der Waals surface area (Å²) in [5.74, 6) is 0.838. The fraction of sp³-hybridized carbons (Fsp3) is 0.250. The monoisotopic (exact) mass is 363 g/mol. The van der Waals surface area contributed by atoms with E-state index in [0.717, 1.165) is 38.9 Å². The number of rotatable bonds is 4. The molecule has 3 heterocycles. The second-order valence-electron chi connectivity index (χ2n) is 6.51. The van der Waals surface area contributed by atoms with E-state index in [9.17, 15) is 0 Å². The topological polar surface area (TPSA) is 55.6 Å². The van der Waals surface area contributed by atoms with Crippen LogP contribution < -0.4 is 5.32 Å². The molecule has 26 heavy (non-hydrogen) atoms. The van der Waals surface area contributed by atoms with E-state index in [1.54, 1.807) is 11.3 Å². The number of nitrogens with zero attached hydrogens (tertiary/aromatic N) is 4. The molecule has 4 rings (SSSR count). The van der Waals surface area contributed by atoms with Gasteiger partial charge in [0.2, 0.25) is 0 Å². The van der Waals surface area contributed by atoms with Crippen LogP contribution in [0.3, 0.4) is 0 Å². The summed E-state index contributed by atoms with van der Waals surface area (Å²) < 4.78 is 1.92. The number of aromatic nitrogens is 4. The summed E-state index contributed by atoms with van der Waals surface area (Å²) in [7, 11) is 0. The second kappa shape index (κ2) is 6.53. The van der Waals surface area contributed by atoms with Gasteiger partial charge in [0.1, 0.15) is 5.82 Å². The molecular weight excluding hydrogens is 342 g/mol. The maximum Gasteiger partial charge on any atom is 0.165 e. The summed E-state index contributed by atoms with van der Waals surface area (Å²) in [6.45, 7) is 8.27. The Labute approximate surface area is 156 Å². The fourth-order valence-electron chi connectivity index (χ4n) is 3.20. The lowest BCUT2D eigenvalue weighted by molar-refractivity contribution is 0.834. The molecule has 0 aliphatic rings. The molecule has 1 N–H and O–H groups in total. The zero-order valence-corrected chi connectivity index (χ0v) is 16.1. The Bertz CT molecular complexity index is 1060. The van der Waals surface area contributed by atoms with E-state index in [0.29, 0.717) is 0 Å². The Morgan fingerprint density at radius 2 is 1.85 bits per heavy atom. The van der Waals surface area contributed by atoms with Crippen molar-refractivity contribution >= 4 is 28.2 Å². The van der Waals surface area contributed by atoms with Crippen LogP contribution >= 0.6 is 11.3 Å². The van der Waals surface area contributed by atoms with Gasteiger partial charge in [-0.1, -0.05) is 18.2 Å². The first-order valence-electron chi connectivity index (χ1n) is 8.64.